The number of aliphatic imine (C=N–C) groups is 1. The molecule has 1 fully saturated rings. The average molecular weight is 459 g/mol. The fraction of sp³-hybridized carbons (Fsp3) is 0.333. The van der Waals surface area contributed by atoms with Crippen molar-refractivity contribution in [1.82, 2.24) is 4.90 Å². The van der Waals surface area contributed by atoms with Crippen molar-refractivity contribution in [2.45, 2.75) is 37.3 Å². The van der Waals surface area contributed by atoms with E-state index in [1.54, 1.807) is 6.07 Å². The van der Waals surface area contributed by atoms with Gasteiger partial charge in [0.15, 0.2) is 11.5 Å². The van der Waals surface area contributed by atoms with Gasteiger partial charge in [0.25, 0.3) is 5.91 Å². The van der Waals surface area contributed by atoms with E-state index in [0.717, 1.165) is 18.9 Å². The predicted octanol–water partition coefficient (Wildman–Crippen LogP) is 4.05. The summed E-state index contributed by atoms with van der Waals surface area (Å²) in [6.07, 6.45) is 1.55. The summed E-state index contributed by atoms with van der Waals surface area (Å²) in [5.41, 5.74) is 5.54. The van der Waals surface area contributed by atoms with Crippen LogP contribution in [0.15, 0.2) is 41.4 Å². The summed E-state index contributed by atoms with van der Waals surface area (Å²) >= 11 is 0. The van der Waals surface area contributed by atoms with E-state index in [2.05, 4.69) is 21.6 Å². The first-order valence-corrected chi connectivity index (χ1v) is 10.4. The molecule has 2 aliphatic rings. The Hall–Kier alpha value is -3.54. The number of nitrogens with two attached hydrogens (primary N) is 1. The molecule has 0 spiro atoms. The van der Waals surface area contributed by atoms with Crippen LogP contribution in [-0.4, -0.2) is 37.1 Å². The number of likely N-dealkylation sites (N-methyl/N-ethyl adjacent to an activating group) is 1. The third kappa shape index (κ3) is 4.13. The number of hydrogen-bond acceptors (Lipinski definition) is 4. The highest BCUT2D eigenvalue weighted by Crippen LogP contribution is 2.48. The van der Waals surface area contributed by atoms with E-state index in [0.29, 0.717) is 16.7 Å². The molecule has 0 aromatic heterocycles. The molecule has 2 aromatic carbocycles. The fourth-order valence-corrected chi connectivity index (χ4v) is 3.93. The second-order valence-electron chi connectivity index (χ2n) is 7.89. The van der Waals surface area contributed by atoms with Crippen molar-refractivity contribution in [1.29, 1.82) is 0 Å². The van der Waals surface area contributed by atoms with Gasteiger partial charge in [-0.1, -0.05) is 24.0 Å². The van der Waals surface area contributed by atoms with E-state index >= 15 is 0 Å². The van der Waals surface area contributed by atoms with Gasteiger partial charge in [-0.15, -0.1) is 0 Å². The van der Waals surface area contributed by atoms with Crippen LogP contribution in [0.2, 0.25) is 0 Å². The summed E-state index contributed by atoms with van der Waals surface area (Å²) in [4.78, 5) is 19.1. The number of benzene rings is 2. The van der Waals surface area contributed by atoms with Gasteiger partial charge in [0, 0.05) is 13.5 Å². The first-order valence-electron chi connectivity index (χ1n) is 10.4. The number of halogens is 4. The summed E-state index contributed by atoms with van der Waals surface area (Å²) < 4.78 is 57.3. The Bertz CT molecular complexity index is 1180. The molecular formula is C24H21F4N3O2. The second-order valence-corrected chi connectivity index (χ2v) is 7.89. The molecule has 9 heteroatoms. The molecule has 2 aromatic rings. The minimum Gasteiger partial charge on any atom is -0.435 e. The number of nitrogens with zero attached hydrogens (tertiary/aromatic N) is 2. The molecule has 33 heavy (non-hydrogen) atoms. The number of ether oxygens (including phenoxy) is 1. The SMILES string of the molecule is CN1C(=O)[C@](c2ccc(F)c(C#CCCF)c2)(c2ccc(OC(F)F)c(C3CC3)c2)N=C1N. The Kier molecular flexibility index (Phi) is 6.02. The van der Waals surface area contributed by atoms with Crippen molar-refractivity contribution in [2.24, 2.45) is 10.7 Å². The van der Waals surface area contributed by atoms with Crippen LogP contribution in [0.3, 0.4) is 0 Å². The van der Waals surface area contributed by atoms with Crippen LogP contribution in [0, 0.1) is 17.7 Å². The van der Waals surface area contributed by atoms with Crippen molar-refractivity contribution >= 4 is 11.9 Å². The van der Waals surface area contributed by atoms with Crippen LogP contribution in [0.4, 0.5) is 17.6 Å². The number of amides is 1. The molecule has 172 valence electrons. The number of alkyl halides is 3. The van der Waals surface area contributed by atoms with Crippen molar-refractivity contribution in [2.75, 3.05) is 13.7 Å². The van der Waals surface area contributed by atoms with E-state index in [-0.39, 0.29) is 29.6 Å². The van der Waals surface area contributed by atoms with Crippen LogP contribution >= 0.6 is 0 Å². The Balaban J connectivity index is 1.90. The summed E-state index contributed by atoms with van der Waals surface area (Å²) in [6, 6.07) is 8.44. The lowest BCUT2D eigenvalue weighted by Gasteiger charge is -2.27. The van der Waals surface area contributed by atoms with E-state index in [1.807, 2.05) is 0 Å². The Morgan fingerprint density at radius 3 is 2.55 bits per heavy atom. The molecule has 0 unspecified atom stereocenters. The molecule has 4 rings (SSSR count). The lowest BCUT2D eigenvalue weighted by atomic mass is 9.81. The first-order chi connectivity index (χ1) is 15.8. The molecule has 2 N–H and O–H groups in total. The lowest BCUT2D eigenvalue weighted by Crippen LogP contribution is -2.41. The van der Waals surface area contributed by atoms with Crippen LogP contribution in [-0.2, 0) is 10.3 Å². The number of rotatable bonds is 6. The molecule has 1 aliphatic carbocycles. The topological polar surface area (TPSA) is 67.9 Å². The summed E-state index contributed by atoms with van der Waals surface area (Å²) in [7, 11) is 1.46. The first kappa shape index (κ1) is 22.6. The molecule has 0 saturated heterocycles. The third-order valence-electron chi connectivity index (χ3n) is 5.73. The molecule has 1 atom stereocenters. The maximum Gasteiger partial charge on any atom is 0.387 e. The molecule has 0 radical (unpaired) electrons. The highest BCUT2D eigenvalue weighted by atomic mass is 19.3. The number of hydrogen-bond donors (Lipinski definition) is 1. The average Bonchev–Trinajstić information content (AvgIpc) is 3.60. The van der Waals surface area contributed by atoms with Crippen LogP contribution in [0.5, 0.6) is 5.75 Å². The molecule has 1 saturated carbocycles. The Morgan fingerprint density at radius 2 is 1.94 bits per heavy atom. The van der Waals surface area contributed by atoms with Gasteiger partial charge in [0.1, 0.15) is 18.2 Å². The van der Waals surface area contributed by atoms with Gasteiger partial charge < -0.3 is 10.5 Å². The van der Waals surface area contributed by atoms with Crippen molar-refractivity contribution in [3.63, 3.8) is 0 Å². The van der Waals surface area contributed by atoms with Gasteiger partial charge in [-0.2, -0.15) is 8.78 Å². The van der Waals surface area contributed by atoms with Crippen LogP contribution in [0.25, 0.3) is 0 Å². The molecule has 0 bridgehead atoms. The monoisotopic (exact) mass is 459 g/mol. The summed E-state index contributed by atoms with van der Waals surface area (Å²) in [5.74, 6) is 4.03. The van der Waals surface area contributed by atoms with Gasteiger partial charge in [0.2, 0.25) is 0 Å². The zero-order valence-electron chi connectivity index (χ0n) is 17.7. The Morgan fingerprint density at radius 1 is 1.24 bits per heavy atom. The van der Waals surface area contributed by atoms with E-state index in [1.165, 1.54) is 36.2 Å². The lowest BCUT2D eigenvalue weighted by molar-refractivity contribution is -0.129. The molecule has 1 aliphatic heterocycles. The molecule has 5 nitrogen and oxygen atoms in total. The summed E-state index contributed by atoms with van der Waals surface area (Å²) in [6.45, 7) is -3.66. The number of guanidine groups is 1. The van der Waals surface area contributed by atoms with Gasteiger partial charge in [0.05, 0.1) is 5.56 Å². The van der Waals surface area contributed by atoms with E-state index in [9.17, 15) is 22.4 Å². The highest BCUT2D eigenvalue weighted by molar-refractivity contribution is 6.09. The predicted molar refractivity (Wildman–Crippen MR) is 114 cm³/mol. The number of carbonyl (C=O) groups excluding carboxylic acids is 1. The van der Waals surface area contributed by atoms with Gasteiger partial charge >= 0.3 is 6.61 Å². The quantitative estimate of drug-likeness (QED) is 0.524. The normalized spacial score (nSPS) is 20.0. The molecule has 1 amide bonds. The van der Waals surface area contributed by atoms with Crippen molar-refractivity contribution in [3.05, 3.63) is 64.5 Å². The number of carbonyl (C=O) groups is 1. The standard InChI is InChI=1S/C24H21F4N3O2/c1-31-21(32)24(30-23(31)29,16-7-9-19(26)15(12-16)4-2-3-11-25)17-8-10-20(33-22(27)28)18(13-17)14-5-6-14/h7-10,12-14,22H,3,5-6,11H2,1H3,(H2,29,30)/t24-/m0/s1. The minimum absolute atomic E-state index is 0.0171. The fourth-order valence-electron chi connectivity index (χ4n) is 3.93. The van der Waals surface area contributed by atoms with Gasteiger partial charge in [-0.3, -0.25) is 14.1 Å². The van der Waals surface area contributed by atoms with Gasteiger partial charge in [-0.05, 0) is 59.7 Å². The van der Waals surface area contributed by atoms with Gasteiger partial charge in [-0.25, -0.2) is 9.38 Å². The van der Waals surface area contributed by atoms with Crippen LogP contribution in [0.1, 0.15) is 47.4 Å². The van der Waals surface area contributed by atoms with E-state index < -0.39 is 30.5 Å². The largest absolute Gasteiger partial charge is 0.435 e. The van der Waals surface area contributed by atoms with Crippen molar-refractivity contribution < 1.29 is 27.1 Å². The minimum atomic E-state index is -2.99. The smallest absolute Gasteiger partial charge is 0.387 e. The maximum atomic E-state index is 14.4. The highest BCUT2D eigenvalue weighted by Gasteiger charge is 2.50. The van der Waals surface area contributed by atoms with Crippen LogP contribution < -0.4 is 10.5 Å². The second kappa shape index (κ2) is 8.77. The zero-order valence-corrected chi connectivity index (χ0v) is 17.7. The maximum absolute atomic E-state index is 14.4. The third-order valence-corrected chi connectivity index (χ3v) is 5.73. The zero-order chi connectivity index (χ0) is 23.8. The molecular weight excluding hydrogens is 438 g/mol. The Labute approximate surface area is 188 Å². The van der Waals surface area contributed by atoms with E-state index in [4.69, 9.17) is 5.73 Å². The van der Waals surface area contributed by atoms with Crippen molar-refractivity contribution in [3.8, 4) is 17.6 Å². The summed E-state index contributed by atoms with van der Waals surface area (Å²) in [5, 5.41) is 0. The molecule has 1 heterocycles.